The van der Waals surface area contributed by atoms with Crippen LogP contribution in [-0.2, 0) is 9.47 Å². The molecule has 0 spiro atoms. The Morgan fingerprint density at radius 3 is 1.80 bits per heavy atom. The summed E-state index contributed by atoms with van der Waals surface area (Å²) in [4.78, 5) is 0. The van der Waals surface area contributed by atoms with Crippen molar-refractivity contribution in [1.29, 1.82) is 5.26 Å². The first-order valence-corrected chi connectivity index (χ1v) is 10.2. The number of hydrogen-bond acceptors (Lipinski definition) is 3. The third kappa shape index (κ3) is 19.1. The summed E-state index contributed by atoms with van der Waals surface area (Å²) in [6.07, 6.45) is 21.7. The Bertz CT molecular complexity index is 334. The van der Waals surface area contributed by atoms with Crippen LogP contribution in [0.5, 0.6) is 0 Å². The molecule has 0 radical (unpaired) electrons. The second-order valence-electron chi connectivity index (χ2n) is 6.43. The molecule has 0 saturated carbocycles. The quantitative estimate of drug-likeness (QED) is 0.157. The maximum absolute atomic E-state index is 8.62. The standard InChI is InChI=1S/C22H39NO2/c1-3-5-7-9-11-16-20-24-22(18-14-13-15-19-23)25-21-17-12-10-8-6-4-2/h11-12,16-17,22H,3-10,13-15,18,20-21H2,1-2H3/b16-11+,17-12+. The van der Waals surface area contributed by atoms with Gasteiger partial charge in [0.25, 0.3) is 0 Å². The van der Waals surface area contributed by atoms with E-state index in [1.807, 2.05) is 0 Å². The lowest BCUT2D eigenvalue weighted by Gasteiger charge is -2.16. The molecule has 0 aliphatic carbocycles. The molecule has 0 bridgehead atoms. The fourth-order valence-electron chi connectivity index (χ4n) is 2.45. The summed E-state index contributed by atoms with van der Waals surface area (Å²) in [7, 11) is 0. The van der Waals surface area contributed by atoms with Gasteiger partial charge in [0.1, 0.15) is 0 Å². The molecule has 0 fully saturated rings. The van der Waals surface area contributed by atoms with Crippen LogP contribution in [0.2, 0.25) is 0 Å². The molecule has 0 aliphatic heterocycles. The van der Waals surface area contributed by atoms with Gasteiger partial charge in [0.05, 0.1) is 19.3 Å². The minimum Gasteiger partial charge on any atom is -0.349 e. The summed E-state index contributed by atoms with van der Waals surface area (Å²) in [5.41, 5.74) is 0. The van der Waals surface area contributed by atoms with Crippen molar-refractivity contribution in [3.63, 3.8) is 0 Å². The number of hydrogen-bond donors (Lipinski definition) is 0. The molecule has 0 amide bonds. The second-order valence-corrected chi connectivity index (χ2v) is 6.43. The highest BCUT2D eigenvalue weighted by atomic mass is 16.7. The molecule has 0 aromatic heterocycles. The molecule has 3 nitrogen and oxygen atoms in total. The second kappa shape index (κ2) is 20.9. The van der Waals surface area contributed by atoms with Gasteiger partial charge in [0, 0.05) is 6.42 Å². The Hall–Kier alpha value is -1.11. The topological polar surface area (TPSA) is 42.2 Å². The number of rotatable bonds is 18. The lowest BCUT2D eigenvalue weighted by atomic mass is 10.2. The molecule has 0 N–H and O–H groups in total. The molecule has 0 saturated heterocycles. The zero-order valence-electron chi connectivity index (χ0n) is 16.5. The molecule has 0 heterocycles. The number of unbranched alkanes of at least 4 members (excludes halogenated alkanes) is 8. The third-order valence-electron chi connectivity index (χ3n) is 4.02. The highest BCUT2D eigenvalue weighted by Gasteiger charge is 2.07. The normalized spacial score (nSPS) is 11.8. The smallest absolute Gasteiger partial charge is 0.158 e. The average Bonchev–Trinajstić information content (AvgIpc) is 2.63. The maximum Gasteiger partial charge on any atom is 0.158 e. The van der Waals surface area contributed by atoms with Crippen LogP contribution in [0, 0.1) is 11.3 Å². The van der Waals surface area contributed by atoms with Gasteiger partial charge in [-0.25, -0.2) is 0 Å². The lowest BCUT2D eigenvalue weighted by molar-refractivity contribution is -0.131. The van der Waals surface area contributed by atoms with E-state index in [9.17, 15) is 0 Å². The van der Waals surface area contributed by atoms with Gasteiger partial charge in [-0.2, -0.15) is 5.26 Å². The Labute approximate surface area is 156 Å². The van der Waals surface area contributed by atoms with E-state index in [1.54, 1.807) is 0 Å². The molecule has 25 heavy (non-hydrogen) atoms. The van der Waals surface area contributed by atoms with Crippen LogP contribution in [0.25, 0.3) is 0 Å². The number of allylic oxidation sites excluding steroid dienone is 2. The first-order chi connectivity index (χ1) is 12.3. The molecular formula is C22H39NO2. The molecule has 0 aliphatic rings. The molecule has 0 aromatic carbocycles. The van der Waals surface area contributed by atoms with Crippen LogP contribution in [0.3, 0.4) is 0 Å². The van der Waals surface area contributed by atoms with Gasteiger partial charge in [-0.1, -0.05) is 63.8 Å². The molecule has 0 atom stereocenters. The molecule has 144 valence electrons. The van der Waals surface area contributed by atoms with Gasteiger partial charge in [-0.05, 0) is 44.9 Å². The predicted molar refractivity (Wildman–Crippen MR) is 106 cm³/mol. The summed E-state index contributed by atoms with van der Waals surface area (Å²) >= 11 is 0. The van der Waals surface area contributed by atoms with Crippen LogP contribution in [-0.4, -0.2) is 19.5 Å². The average molecular weight is 350 g/mol. The van der Waals surface area contributed by atoms with Gasteiger partial charge in [0.15, 0.2) is 6.29 Å². The number of nitrogens with zero attached hydrogens (tertiary/aromatic N) is 1. The van der Waals surface area contributed by atoms with Crippen molar-refractivity contribution in [2.75, 3.05) is 13.2 Å². The number of ether oxygens (including phenoxy) is 2. The van der Waals surface area contributed by atoms with E-state index >= 15 is 0 Å². The molecule has 3 heteroatoms. The minimum absolute atomic E-state index is 0.167. The van der Waals surface area contributed by atoms with E-state index < -0.39 is 0 Å². The Morgan fingerprint density at radius 2 is 1.32 bits per heavy atom. The van der Waals surface area contributed by atoms with E-state index in [1.165, 1.54) is 38.5 Å². The van der Waals surface area contributed by atoms with Gasteiger partial charge in [-0.3, -0.25) is 0 Å². The van der Waals surface area contributed by atoms with Gasteiger partial charge in [0.2, 0.25) is 0 Å². The minimum atomic E-state index is -0.167. The van der Waals surface area contributed by atoms with Crippen LogP contribution in [0.15, 0.2) is 24.3 Å². The molecule has 0 aromatic rings. The Balaban J connectivity index is 3.94. The van der Waals surface area contributed by atoms with Crippen molar-refractivity contribution >= 4 is 0 Å². The summed E-state index contributed by atoms with van der Waals surface area (Å²) in [6, 6.07) is 2.19. The van der Waals surface area contributed by atoms with Crippen LogP contribution >= 0.6 is 0 Å². The summed E-state index contributed by atoms with van der Waals surface area (Å²) in [5.74, 6) is 0. The van der Waals surface area contributed by atoms with Crippen molar-refractivity contribution in [2.24, 2.45) is 0 Å². The first kappa shape index (κ1) is 23.9. The van der Waals surface area contributed by atoms with E-state index in [2.05, 4.69) is 44.2 Å². The van der Waals surface area contributed by atoms with E-state index in [-0.39, 0.29) is 6.29 Å². The largest absolute Gasteiger partial charge is 0.349 e. The lowest BCUT2D eigenvalue weighted by Crippen LogP contribution is -2.17. The zero-order chi connectivity index (χ0) is 18.4. The van der Waals surface area contributed by atoms with Crippen molar-refractivity contribution in [3.8, 4) is 6.07 Å². The van der Waals surface area contributed by atoms with Crippen LogP contribution < -0.4 is 0 Å². The van der Waals surface area contributed by atoms with Gasteiger partial charge >= 0.3 is 0 Å². The van der Waals surface area contributed by atoms with Crippen LogP contribution in [0.1, 0.15) is 90.9 Å². The van der Waals surface area contributed by atoms with Gasteiger partial charge in [-0.15, -0.1) is 0 Å². The van der Waals surface area contributed by atoms with E-state index in [0.717, 1.165) is 32.1 Å². The van der Waals surface area contributed by atoms with E-state index in [0.29, 0.717) is 19.6 Å². The van der Waals surface area contributed by atoms with E-state index in [4.69, 9.17) is 14.7 Å². The van der Waals surface area contributed by atoms with Crippen molar-refractivity contribution in [1.82, 2.24) is 0 Å². The molecular weight excluding hydrogens is 310 g/mol. The van der Waals surface area contributed by atoms with Crippen LogP contribution in [0.4, 0.5) is 0 Å². The van der Waals surface area contributed by atoms with Gasteiger partial charge < -0.3 is 9.47 Å². The molecule has 0 unspecified atom stereocenters. The highest BCUT2D eigenvalue weighted by molar-refractivity contribution is 4.82. The Morgan fingerprint density at radius 1 is 0.760 bits per heavy atom. The zero-order valence-corrected chi connectivity index (χ0v) is 16.5. The van der Waals surface area contributed by atoms with Crippen molar-refractivity contribution in [3.05, 3.63) is 24.3 Å². The monoisotopic (exact) mass is 349 g/mol. The fraction of sp³-hybridized carbons (Fsp3) is 0.773. The van der Waals surface area contributed by atoms with Crippen molar-refractivity contribution < 1.29 is 9.47 Å². The highest BCUT2D eigenvalue weighted by Crippen LogP contribution is 2.09. The maximum atomic E-state index is 8.62. The van der Waals surface area contributed by atoms with Crippen molar-refractivity contribution in [2.45, 2.75) is 97.2 Å². The predicted octanol–water partition coefficient (Wildman–Crippen LogP) is 6.70. The summed E-state index contributed by atoms with van der Waals surface area (Å²) < 4.78 is 11.7. The number of nitriles is 1. The Kier molecular flexibility index (Phi) is 20.0. The fourth-order valence-corrected chi connectivity index (χ4v) is 2.45. The molecule has 0 rings (SSSR count). The third-order valence-corrected chi connectivity index (χ3v) is 4.02. The SMILES string of the molecule is CCCCC/C=C/COC(CCCCC#N)OC/C=C/CCCCC. The first-order valence-electron chi connectivity index (χ1n) is 10.2. The summed E-state index contributed by atoms with van der Waals surface area (Å²) in [5, 5.41) is 8.62. The summed E-state index contributed by atoms with van der Waals surface area (Å²) in [6.45, 7) is 5.66.